The Morgan fingerprint density at radius 3 is 2.08 bits per heavy atom. The van der Waals surface area contributed by atoms with E-state index in [1.807, 2.05) is 0 Å². The minimum absolute atomic E-state index is 0.487. The van der Waals surface area contributed by atoms with Crippen LogP contribution in [0.3, 0.4) is 0 Å². The summed E-state index contributed by atoms with van der Waals surface area (Å²) in [6.45, 7) is 3.90. The lowest BCUT2D eigenvalue weighted by Crippen LogP contribution is -2.37. The van der Waals surface area contributed by atoms with Crippen LogP contribution in [0.25, 0.3) is 0 Å². The van der Waals surface area contributed by atoms with E-state index < -0.39 is 0 Å². The molecule has 3 N–H and O–H groups in total. The Balaban J connectivity index is 1.77. The van der Waals surface area contributed by atoms with Gasteiger partial charge in [0.1, 0.15) is 0 Å². The Bertz CT molecular complexity index is 338. The van der Waals surface area contributed by atoms with Crippen molar-refractivity contribution in [3.8, 4) is 0 Å². The topological polar surface area (TPSA) is 41.3 Å². The van der Waals surface area contributed by atoms with Gasteiger partial charge in [0.25, 0.3) is 0 Å². The van der Waals surface area contributed by atoms with Gasteiger partial charge in [0.05, 0.1) is 6.17 Å². The van der Waals surface area contributed by atoms with Gasteiger partial charge in [-0.2, -0.15) is 0 Å². The monoisotopic (exact) mass is 349 g/mol. The molecule has 1 aliphatic rings. The highest BCUT2D eigenvalue weighted by atomic mass is 15.3. The van der Waals surface area contributed by atoms with Crippen LogP contribution in [0.5, 0.6) is 0 Å². The third-order valence-corrected chi connectivity index (χ3v) is 5.09. The molecule has 1 unspecified atom stereocenters. The second-order valence-electron chi connectivity index (χ2n) is 7.37. The average molecular weight is 350 g/mol. The molecular weight excluding hydrogens is 306 g/mol. The summed E-state index contributed by atoms with van der Waals surface area (Å²) in [6, 6.07) is 0. The zero-order valence-corrected chi connectivity index (χ0v) is 16.7. The number of nitrogens with one attached hydrogen (secondary N) is 1. The Kier molecular flexibility index (Phi) is 14.6. The summed E-state index contributed by atoms with van der Waals surface area (Å²) in [5.41, 5.74) is 5.65. The lowest BCUT2D eigenvalue weighted by atomic mass is 10.0. The van der Waals surface area contributed by atoms with Crippen LogP contribution in [0, 0.1) is 0 Å². The zero-order valence-electron chi connectivity index (χ0n) is 16.7. The highest BCUT2D eigenvalue weighted by Crippen LogP contribution is 2.15. The molecule has 0 aromatic carbocycles. The number of rotatable bonds is 17. The molecule has 1 rings (SSSR count). The van der Waals surface area contributed by atoms with E-state index in [1.165, 1.54) is 89.9 Å². The molecule has 0 radical (unpaired) electrons. The van der Waals surface area contributed by atoms with Gasteiger partial charge in [-0.05, 0) is 32.1 Å². The second-order valence-corrected chi connectivity index (χ2v) is 7.37. The molecule has 1 heterocycles. The fourth-order valence-electron chi connectivity index (χ4n) is 3.55. The van der Waals surface area contributed by atoms with E-state index in [0.29, 0.717) is 6.17 Å². The number of hydrogen-bond donors (Lipinski definition) is 2. The Hall–Kier alpha value is -0.960. The lowest BCUT2D eigenvalue weighted by Gasteiger charge is -2.25. The molecule has 0 spiro atoms. The minimum atomic E-state index is 0.487. The van der Waals surface area contributed by atoms with E-state index in [-0.39, 0.29) is 0 Å². The molecule has 1 aliphatic heterocycles. The number of hydrogen-bond acceptors (Lipinski definition) is 3. The Morgan fingerprint density at radius 1 is 0.880 bits per heavy atom. The molecule has 0 aromatic rings. The molecule has 0 fully saturated rings. The molecule has 1 atom stereocenters. The van der Waals surface area contributed by atoms with Crippen LogP contribution >= 0.6 is 0 Å². The van der Waals surface area contributed by atoms with Gasteiger partial charge < -0.3 is 16.0 Å². The highest BCUT2D eigenvalue weighted by molar-refractivity contribution is 4.94. The largest absolute Gasteiger partial charge is 0.370 e. The van der Waals surface area contributed by atoms with Crippen LogP contribution in [0.2, 0.25) is 0 Å². The van der Waals surface area contributed by atoms with E-state index in [9.17, 15) is 0 Å². The summed E-state index contributed by atoms with van der Waals surface area (Å²) in [6.07, 6.45) is 28.5. The van der Waals surface area contributed by atoms with Crippen molar-refractivity contribution >= 4 is 0 Å². The molecule has 146 valence electrons. The first-order valence-electron chi connectivity index (χ1n) is 10.9. The standard InChI is InChI=1S/C22H43N3/c1-2-3-4-5-6-7-8-9-10-11-12-13-14-15-16-17-22-24-19-21-25(22)20-18-23/h3-4,19,21-22,24H,2,5-18,20,23H2,1H3/b4-3+. The zero-order chi connectivity index (χ0) is 18.0. The van der Waals surface area contributed by atoms with Gasteiger partial charge in [0.15, 0.2) is 0 Å². The molecular formula is C22H43N3. The summed E-state index contributed by atoms with van der Waals surface area (Å²) < 4.78 is 0. The quantitative estimate of drug-likeness (QED) is 0.262. The Labute approximate surface area is 157 Å². The van der Waals surface area contributed by atoms with E-state index in [4.69, 9.17) is 5.73 Å². The lowest BCUT2D eigenvalue weighted by molar-refractivity contribution is 0.264. The van der Waals surface area contributed by atoms with Crippen LogP contribution in [0.4, 0.5) is 0 Å². The number of nitrogens with two attached hydrogens (primary N) is 1. The first-order valence-corrected chi connectivity index (χ1v) is 10.9. The van der Waals surface area contributed by atoms with Crippen LogP contribution < -0.4 is 11.1 Å². The maximum atomic E-state index is 5.65. The van der Waals surface area contributed by atoms with Crippen LogP contribution in [-0.4, -0.2) is 24.2 Å². The summed E-state index contributed by atoms with van der Waals surface area (Å²) in [5.74, 6) is 0. The van der Waals surface area contributed by atoms with Gasteiger partial charge in [-0.25, -0.2) is 0 Å². The van der Waals surface area contributed by atoms with E-state index in [0.717, 1.165) is 13.1 Å². The molecule has 3 nitrogen and oxygen atoms in total. The minimum Gasteiger partial charge on any atom is -0.370 e. The number of unbranched alkanes of at least 4 members (excludes halogenated alkanes) is 11. The Morgan fingerprint density at radius 2 is 1.48 bits per heavy atom. The predicted molar refractivity (Wildman–Crippen MR) is 111 cm³/mol. The van der Waals surface area contributed by atoms with Gasteiger partial charge in [-0.1, -0.05) is 76.9 Å². The third-order valence-electron chi connectivity index (χ3n) is 5.09. The summed E-state index contributed by atoms with van der Waals surface area (Å²) in [5, 5.41) is 3.43. The van der Waals surface area contributed by atoms with Crippen LogP contribution in [0.1, 0.15) is 96.8 Å². The van der Waals surface area contributed by atoms with Crippen molar-refractivity contribution in [2.24, 2.45) is 5.73 Å². The maximum Gasteiger partial charge on any atom is 0.0981 e. The van der Waals surface area contributed by atoms with Crippen molar-refractivity contribution in [3.63, 3.8) is 0 Å². The fraction of sp³-hybridized carbons (Fsp3) is 0.818. The highest BCUT2D eigenvalue weighted by Gasteiger charge is 2.16. The third kappa shape index (κ3) is 12.1. The van der Waals surface area contributed by atoms with Crippen molar-refractivity contribution in [1.29, 1.82) is 0 Å². The summed E-state index contributed by atoms with van der Waals surface area (Å²) >= 11 is 0. The van der Waals surface area contributed by atoms with Crippen LogP contribution in [0.15, 0.2) is 24.6 Å². The summed E-state index contributed by atoms with van der Waals surface area (Å²) in [7, 11) is 0. The van der Waals surface area contributed by atoms with E-state index in [2.05, 4.69) is 41.7 Å². The van der Waals surface area contributed by atoms with Gasteiger partial charge in [0, 0.05) is 25.5 Å². The van der Waals surface area contributed by atoms with Gasteiger partial charge in [0.2, 0.25) is 0 Å². The van der Waals surface area contributed by atoms with E-state index in [1.54, 1.807) is 0 Å². The van der Waals surface area contributed by atoms with Crippen LogP contribution in [-0.2, 0) is 0 Å². The first-order chi connectivity index (χ1) is 12.4. The van der Waals surface area contributed by atoms with Crippen molar-refractivity contribution in [3.05, 3.63) is 24.6 Å². The molecule has 0 bridgehead atoms. The first kappa shape index (κ1) is 22.1. The smallest absolute Gasteiger partial charge is 0.0981 e. The molecule has 0 aromatic heterocycles. The molecule has 25 heavy (non-hydrogen) atoms. The SMILES string of the molecule is CC/C=C/CCCCCCCCCCCCCC1NC=CN1CCN. The van der Waals surface area contributed by atoms with Gasteiger partial charge >= 0.3 is 0 Å². The number of allylic oxidation sites excluding steroid dienone is 2. The van der Waals surface area contributed by atoms with Crippen molar-refractivity contribution in [2.45, 2.75) is 103 Å². The van der Waals surface area contributed by atoms with Crippen molar-refractivity contribution < 1.29 is 0 Å². The molecule has 0 amide bonds. The fourth-order valence-corrected chi connectivity index (χ4v) is 3.55. The predicted octanol–water partition coefficient (Wildman–Crippen LogP) is 5.69. The average Bonchev–Trinajstić information content (AvgIpc) is 3.06. The van der Waals surface area contributed by atoms with Crippen molar-refractivity contribution in [1.82, 2.24) is 10.2 Å². The molecule has 0 saturated carbocycles. The van der Waals surface area contributed by atoms with Gasteiger partial charge in [-0.3, -0.25) is 0 Å². The van der Waals surface area contributed by atoms with Gasteiger partial charge in [-0.15, -0.1) is 0 Å². The van der Waals surface area contributed by atoms with Crippen molar-refractivity contribution in [2.75, 3.05) is 13.1 Å². The normalized spacial score (nSPS) is 16.9. The summed E-state index contributed by atoms with van der Waals surface area (Å²) in [4.78, 5) is 2.33. The molecule has 0 aliphatic carbocycles. The number of nitrogens with zero attached hydrogens (tertiary/aromatic N) is 1. The maximum absolute atomic E-state index is 5.65. The van der Waals surface area contributed by atoms with E-state index >= 15 is 0 Å². The molecule has 3 heteroatoms. The second kappa shape index (κ2) is 16.5. The molecule has 0 saturated heterocycles.